The first-order valence-electron chi connectivity index (χ1n) is 13.7. The molecule has 0 bridgehead atoms. The molecule has 2 aliphatic rings. The number of carbonyl (C=O) groups is 5. The van der Waals surface area contributed by atoms with Crippen molar-refractivity contribution >= 4 is 29.4 Å². The Balaban J connectivity index is 1.52. The van der Waals surface area contributed by atoms with Gasteiger partial charge in [-0.15, -0.1) is 0 Å². The van der Waals surface area contributed by atoms with Crippen molar-refractivity contribution in [1.82, 2.24) is 26.3 Å². The molecule has 11 heteroatoms. The molecular weight excluding hydrogens is 517 g/mol. The fraction of sp³-hybridized carbons (Fsp3) is 0.448. The van der Waals surface area contributed by atoms with Crippen molar-refractivity contribution < 1.29 is 28.4 Å². The minimum Gasteiger partial charge on any atom is -0.356 e. The third-order valence-electron chi connectivity index (χ3n) is 7.35. The fourth-order valence-corrected chi connectivity index (χ4v) is 5.16. The summed E-state index contributed by atoms with van der Waals surface area (Å²) in [6.07, 6.45) is 7.19. The summed E-state index contributed by atoms with van der Waals surface area (Å²) in [5, 5.41) is 10.7. The van der Waals surface area contributed by atoms with Crippen LogP contribution in [0.2, 0.25) is 0 Å². The molecule has 1 unspecified atom stereocenters. The van der Waals surface area contributed by atoms with E-state index >= 15 is 0 Å². The van der Waals surface area contributed by atoms with Gasteiger partial charge in [0.2, 0.25) is 17.6 Å². The average Bonchev–Trinajstić information content (AvgIpc) is 3.36. The van der Waals surface area contributed by atoms with Crippen LogP contribution in [0.1, 0.15) is 60.9 Å². The number of hydrogen-bond donors (Lipinski definition) is 4. The largest absolute Gasteiger partial charge is 0.356 e. The van der Waals surface area contributed by atoms with Gasteiger partial charge in [0.25, 0.3) is 11.8 Å². The Morgan fingerprint density at radius 2 is 1.73 bits per heavy atom. The zero-order chi connectivity index (χ0) is 28.5. The molecule has 1 saturated heterocycles. The molecule has 1 saturated carbocycles. The van der Waals surface area contributed by atoms with Crippen LogP contribution in [0, 0.1) is 11.7 Å². The topological polar surface area (TPSA) is 146 Å². The van der Waals surface area contributed by atoms with Crippen molar-refractivity contribution in [3.8, 4) is 0 Å². The van der Waals surface area contributed by atoms with E-state index in [4.69, 9.17) is 0 Å². The Bertz CT molecular complexity index is 1230. The molecule has 2 fully saturated rings. The van der Waals surface area contributed by atoms with Gasteiger partial charge in [-0.05, 0) is 37.3 Å². The van der Waals surface area contributed by atoms with Crippen LogP contribution in [0.15, 0.2) is 48.8 Å². The van der Waals surface area contributed by atoms with Gasteiger partial charge >= 0.3 is 0 Å². The Morgan fingerprint density at radius 3 is 2.40 bits per heavy atom. The third kappa shape index (κ3) is 7.93. The number of benzene rings is 1. The Morgan fingerprint density at radius 1 is 0.975 bits per heavy atom. The molecule has 1 aliphatic heterocycles. The number of Topliss-reactive ketones (excluding diaryl/α,β-unsaturated/α-hetero) is 1. The lowest BCUT2D eigenvalue weighted by Gasteiger charge is -2.26. The molecule has 4 rings (SSSR count). The lowest BCUT2D eigenvalue weighted by molar-refractivity contribution is -0.141. The first-order chi connectivity index (χ1) is 19.3. The normalized spacial score (nSPS) is 18.7. The molecule has 1 aliphatic carbocycles. The summed E-state index contributed by atoms with van der Waals surface area (Å²) in [5.74, 6) is -4.56. The number of nitrogens with one attached hydrogen (secondary N) is 4. The summed E-state index contributed by atoms with van der Waals surface area (Å²) in [5.41, 5.74) is 0.654. The molecule has 1 aromatic heterocycles. The van der Waals surface area contributed by atoms with Crippen molar-refractivity contribution in [1.29, 1.82) is 0 Å². The summed E-state index contributed by atoms with van der Waals surface area (Å²) in [4.78, 5) is 68.7. The monoisotopic (exact) mass is 551 g/mol. The highest BCUT2D eigenvalue weighted by Gasteiger charge is 2.36. The minimum atomic E-state index is -1.27. The SMILES string of the molecule is O=C(NC1CCCCC1)C(=O)C(C[C@@H]1CCNC1=O)NC(=O)[C@H](Cc1ccccc1)NC(=O)c1cncc(F)c1. The summed E-state index contributed by atoms with van der Waals surface area (Å²) in [6.45, 7) is 0.445. The first-order valence-corrected chi connectivity index (χ1v) is 13.7. The van der Waals surface area contributed by atoms with E-state index in [0.29, 0.717) is 13.0 Å². The Hall–Kier alpha value is -4.15. The van der Waals surface area contributed by atoms with E-state index in [0.717, 1.165) is 49.9 Å². The van der Waals surface area contributed by atoms with Gasteiger partial charge in [-0.3, -0.25) is 29.0 Å². The maximum Gasteiger partial charge on any atom is 0.289 e. The van der Waals surface area contributed by atoms with Crippen molar-refractivity contribution in [3.05, 3.63) is 65.7 Å². The number of nitrogens with zero attached hydrogens (tertiary/aromatic N) is 1. The summed E-state index contributed by atoms with van der Waals surface area (Å²) >= 11 is 0. The van der Waals surface area contributed by atoms with E-state index in [2.05, 4.69) is 26.3 Å². The second-order valence-corrected chi connectivity index (χ2v) is 10.4. The smallest absolute Gasteiger partial charge is 0.289 e. The van der Waals surface area contributed by atoms with Crippen molar-refractivity contribution in [2.24, 2.45) is 5.92 Å². The standard InChI is InChI=1S/C29H34FN5O5/c30-21-14-20(16-31-17-21)27(38)35-24(13-18-7-3-1-4-8-18)28(39)34-23(15-19-11-12-32-26(19)37)25(36)29(40)33-22-9-5-2-6-10-22/h1,3-4,7-8,14,16-17,19,22-24H,2,5-6,9-13,15H2,(H,32,37)(H,33,40)(H,34,39)(H,35,38)/t19-,23?,24-/m0/s1. The molecule has 0 spiro atoms. The minimum absolute atomic E-state index is 0.0473. The summed E-state index contributed by atoms with van der Waals surface area (Å²) < 4.78 is 13.7. The molecule has 1 aromatic carbocycles. The molecular formula is C29H34FN5O5. The van der Waals surface area contributed by atoms with Crippen LogP contribution in [-0.4, -0.2) is 59.1 Å². The molecule has 4 N–H and O–H groups in total. The highest BCUT2D eigenvalue weighted by Crippen LogP contribution is 2.19. The van der Waals surface area contributed by atoms with Crippen molar-refractivity contribution in [2.45, 2.75) is 69.5 Å². The van der Waals surface area contributed by atoms with Gasteiger partial charge in [-0.1, -0.05) is 49.6 Å². The van der Waals surface area contributed by atoms with Crippen LogP contribution in [0.4, 0.5) is 4.39 Å². The highest BCUT2D eigenvalue weighted by atomic mass is 19.1. The zero-order valence-electron chi connectivity index (χ0n) is 22.2. The quantitative estimate of drug-likeness (QED) is 0.312. The number of amides is 4. The molecule has 2 heterocycles. The van der Waals surface area contributed by atoms with Crippen molar-refractivity contribution in [2.75, 3.05) is 6.54 Å². The molecule has 212 valence electrons. The predicted octanol–water partition coefficient (Wildman–Crippen LogP) is 1.59. The van der Waals surface area contributed by atoms with Crippen LogP contribution < -0.4 is 21.3 Å². The van der Waals surface area contributed by atoms with Gasteiger partial charge in [-0.2, -0.15) is 0 Å². The number of ketones is 1. The van der Waals surface area contributed by atoms with E-state index < -0.39 is 47.3 Å². The number of aromatic nitrogens is 1. The Labute approximate surface area is 231 Å². The lowest BCUT2D eigenvalue weighted by Crippen LogP contribution is -2.55. The molecule has 10 nitrogen and oxygen atoms in total. The molecule has 40 heavy (non-hydrogen) atoms. The van der Waals surface area contributed by atoms with Crippen LogP contribution in [0.3, 0.4) is 0 Å². The number of halogens is 1. The maximum absolute atomic E-state index is 13.7. The molecule has 0 radical (unpaired) electrons. The number of pyridine rings is 1. The van der Waals surface area contributed by atoms with Gasteiger partial charge in [0.15, 0.2) is 0 Å². The molecule has 2 aromatic rings. The van der Waals surface area contributed by atoms with E-state index in [9.17, 15) is 28.4 Å². The van der Waals surface area contributed by atoms with Gasteiger partial charge in [0, 0.05) is 31.1 Å². The van der Waals surface area contributed by atoms with Gasteiger partial charge < -0.3 is 21.3 Å². The van der Waals surface area contributed by atoms with Crippen LogP contribution in [0.5, 0.6) is 0 Å². The Kier molecular flexibility index (Phi) is 9.93. The highest BCUT2D eigenvalue weighted by molar-refractivity contribution is 6.38. The first kappa shape index (κ1) is 28.8. The number of rotatable bonds is 11. The summed E-state index contributed by atoms with van der Waals surface area (Å²) in [7, 11) is 0. The summed E-state index contributed by atoms with van der Waals surface area (Å²) in [6, 6.07) is 7.39. The van der Waals surface area contributed by atoms with E-state index in [1.165, 1.54) is 6.20 Å². The molecule has 3 atom stereocenters. The van der Waals surface area contributed by atoms with Crippen LogP contribution >= 0.6 is 0 Å². The third-order valence-corrected chi connectivity index (χ3v) is 7.35. The zero-order valence-corrected chi connectivity index (χ0v) is 22.2. The van der Waals surface area contributed by atoms with Crippen LogP contribution in [0.25, 0.3) is 0 Å². The fourth-order valence-electron chi connectivity index (χ4n) is 5.16. The second-order valence-electron chi connectivity index (χ2n) is 10.4. The van der Waals surface area contributed by atoms with E-state index in [-0.39, 0.29) is 30.4 Å². The number of hydrogen-bond acceptors (Lipinski definition) is 6. The van der Waals surface area contributed by atoms with Crippen LogP contribution in [-0.2, 0) is 25.6 Å². The maximum atomic E-state index is 13.7. The molecule has 4 amide bonds. The second kappa shape index (κ2) is 13.8. The van der Waals surface area contributed by atoms with Gasteiger partial charge in [-0.25, -0.2) is 4.39 Å². The number of carbonyl (C=O) groups excluding carboxylic acids is 5. The van der Waals surface area contributed by atoms with Crippen molar-refractivity contribution in [3.63, 3.8) is 0 Å². The van der Waals surface area contributed by atoms with Gasteiger partial charge in [0.05, 0.1) is 17.8 Å². The predicted molar refractivity (Wildman–Crippen MR) is 143 cm³/mol. The van der Waals surface area contributed by atoms with Gasteiger partial charge in [0.1, 0.15) is 11.9 Å². The van der Waals surface area contributed by atoms with E-state index in [1.807, 2.05) is 6.07 Å². The van der Waals surface area contributed by atoms with E-state index in [1.54, 1.807) is 24.3 Å². The average molecular weight is 552 g/mol. The lowest BCUT2D eigenvalue weighted by atomic mass is 9.93.